The number of imide groups is 1. The molecule has 0 aromatic carbocycles. The van der Waals surface area contributed by atoms with Crippen molar-refractivity contribution in [2.24, 2.45) is 17.6 Å². The first kappa shape index (κ1) is 17.3. The number of amides is 3. The second kappa shape index (κ2) is 7.49. The number of rotatable bonds is 6. The van der Waals surface area contributed by atoms with Gasteiger partial charge < -0.3 is 5.73 Å². The van der Waals surface area contributed by atoms with Crippen LogP contribution < -0.4 is 5.73 Å². The van der Waals surface area contributed by atoms with Crippen LogP contribution in [-0.4, -0.2) is 39.7 Å². The maximum Gasteiger partial charge on any atom is 0.242 e. The Labute approximate surface area is 136 Å². The highest BCUT2D eigenvalue weighted by Gasteiger charge is 2.40. The molecule has 0 bridgehead atoms. The van der Waals surface area contributed by atoms with E-state index in [1.165, 1.54) is 4.90 Å². The summed E-state index contributed by atoms with van der Waals surface area (Å²) in [6.45, 7) is 4.70. The summed E-state index contributed by atoms with van der Waals surface area (Å²) >= 11 is 1.62. The monoisotopic (exact) mass is 326 g/mol. The molecule has 0 radical (unpaired) electrons. The maximum atomic E-state index is 12.4. The van der Waals surface area contributed by atoms with Crippen LogP contribution in [0.3, 0.4) is 0 Å². The molecular formula is C16H26N2O3S. The van der Waals surface area contributed by atoms with Crippen LogP contribution in [0.2, 0.25) is 0 Å². The van der Waals surface area contributed by atoms with E-state index in [2.05, 4.69) is 13.8 Å². The summed E-state index contributed by atoms with van der Waals surface area (Å²) in [5.41, 5.74) is 5.34. The third kappa shape index (κ3) is 4.03. The van der Waals surface area contributed by atoms with Crippen molar-refractivity contribution in [2.75, 3.05) is 6.54 Å². The van der Waals surface area contributed by atoms with E-state index >= 15 is 0 Å². The summed E-state index contributed by atoms with van der Waals surface area (Å²) in [7, 11) is 0. The van der Waals surface area contributed by atoms with Crippen LogP contribution >= 0.6 is 11.8 Å². The smallest absolute Gasteiger partial charge is 0.242 e. The molecule has 5 nitrogen and oxygen atoms in total. The lowest BCUT2D eigenvalue weighted by Crippen LogP contribution is -2.38. The Hall–Kier alpha value is -1.04. The first-order valence-electron chi connectivity index (χ1n) is 8.21. The van der Waals surface area contributed by atoms with Gasteiger partial charge in [0.05, 0.1) is 5.25 Å². The second-order valence-corrected chi connectivity index (χ2v) is 8.16. The second-order valence-electron chi connectivity index (χ2n) is 6.51. The number of likely N-dealkylation sites (tertiary alicyclic amines) is 1. The van der Waals surface area contributed by atoms with E-state index in [0.29, 0.717) is 24.1 Å². The molecule has 1 saturated carbocycles. The number of hydrogen-bond acceptors (Lipinski definition) is 4. The van der Waals surface area contributed by atoms with Gasteiger partial charge in [-0.1, -0.05) is 13.8 Å². The number of nitrogens with two attached hydrogens (primary N) is 1. The molecule has 2 atom stereocenters. The van der Waals surface area contributed by atoms with Crippen molar-refractivity contribution in [1.29, 1.82) is 0 Å². The average molecular weight is 326 g/mol. The van der Waals surface area contributed by atoms with Crippen molar-refractivity contribution < 1.29 is 14.4 Å². The van der Waals surface area contributed by atoms with Gasteiger partial charge in [-0.3, -0.25) is 19.3 Å². The molecule has 2 N–H and O–H groups in total. The zero-order valence-corrected chi connectivity index (χ0v) is 14.2. The van der Waals surface area contributed by atoms with E-state index in [9.17, 15) is 14.4 Å². The number of primary amides is 1. The minimum atomic E-state index is -0.225. The van der Waals surface area contributed by atoms with Crippen LogP contribution in [0.4, 0.5) is 0 Å². The molecule has 0 aromatic rings. The molecule has 3 amide bonds. The van der Waals surface area contributed by atoms with E-state index in [-0.39, 0.29) is 28.9 Å². The fourth-order valence-electron chi connectivity index (χ4n) is 3.22. The molecule has 1 aliphatic carbocycles. The zero-order valence-electron chi connectivity index (χ0n) is 13.4. The molecule has 2 aliphatic rings. The van der Waals surface area contributed by atoms with Crippen molar-refractivity contribution in [3.05, 3.63) is 0 Å². The molecule has 6 heteroatoms. The lowest BCUT2D eigenvalue weighted by Gasteiger charge is -2.29. The molecule has 2 fully saturated rings. The normalized spacial score (nSPS) is 30.6. The molecule has 2 unspecified atom stereocenters. The molecule has 1 heterocycles. The minimum absolute atomic E-state index is 0.0210. The third-order valence-electron chi connectivity index (χ3n) is 4.86. The van der Waals surface area contributed by atoms with Gasteiger partial charge in [-0.15, -0.1) is 11.8 Å². The first-order chi connectivity index (χ1) is 10.4. The number of hydrogen-bond donors (Lipinski definition) is 1. The predicted octanol–water partition coefficient (Wildman–Crippen LogP) is 1.94. The summed E-state index contributed by atoms with van der Waals surface area (Å²) in [5.74, 6) is -0.00210. The van der Waals surface area contributed by atoms with Crippen molar-refractivity contribution in [3.8, 4) is 0 Å². The number of thioether (sulfide) groups is 1. The van der Waals surface area contributed by atoms with Gasteiger partial charge in [-0.05, 0) is 38.0 Å². The molecule has 124 valence electrons. The average Bonchev–Trinajstić information content (AvgIpc) is 2.75. The fraction of sp³-hybridized carbons (Fsp3) is 0.812. The predicted molar refractivity (Wildman–Crippen MR) is 87.1 cm³/mol. The quantitative estimate of drug-likeness (QED) is 0.756. The Morgan fingerprint density at radius 1 is 1.32 bits per heavy atom. The zero-order chi connectivity index (χ0) is 16.3. The van der Waals surface area contributed by atoms with E-state index in [0.717, 1.165) is 32.1 Å². The Morgan fingerprint density at radius 2 is 1.95 bits per heavy atom. The summed E-state index contributed by atoms with van der Waals surface area (Å²) in [6.07, 6.45) is 4.63. The molecule has 1 aliphatic heterocycles. The Bertz CT molecular complexity index is 447. The van der Waals surface area contributed by atoms with Crippen LogP contribution in [0.15, 0.2) is 0 Å². The summed E-state index contributed by atoms with van der Waals surface area (Å²) in [6, 6.07) is 0. The molecule has 2 rings (SSSR count). The van der Waals surface area contributed by atoms with Crippen LogP contribution in [0.1, 0.15) is 52.4 Å². The van der Waals surface area contributed by atoms with Crippen molar-refractivity contribution in [2.45, 2.75) is 62.9 Å². The first-order valence-corrected chi connectivity index (χ1v) is 9.15. The van der Waals surface area contributed by atoms with Crippen molar-refractivity contribution in [1.82, 2.24) is 4.90 Å². The molecule has 22 heavy (non-hydrogen) atoms. The fourth-order valence-corrected chi connectivity index (χ4v) is 4.45. The van der Waals surface area contributed by atoms with Crippen molar-refractivity contribution >= 4 is 29.5 Å². The van der Waals surface area contributed by atoms with Gasteiger partial charge in [-0.2, -0.15) is 0 Å². The Balaban J connectivity index is 1.87. The van der Waals surface area contributed by atoms with E-state index < -0.39 is 0 Å². The van der Waals surface area contributed by atoms with E-state index in [1.54, 1.807) is 11.8 Å². The van der Waals surface area contributed by atoms with Gasteiger partial charge >= 0.3 is 0 Å². The molecule has 1 saturated heterocycles. The summed E-state index contributed by atoms with van der Waals surface area (Å²) in [5, 5.41) is 0.192. The Kier molecular flexibility index (Phi) is 5.89. The number of carbonyl (C=O) groups excluding carboxylic acids is 3. The lowest BCUT2D eigenvalue weighted by atomic mass is 9.81. The highest BCUT2D eigenvalue weighted by molar-refractivity contribution is 8.01. The number of carbonyl (C=O) groups is 3. The van der Waals surface area contributed by atoms with Crippen LogP contribution in [0.25, 0.3) is 0 Å². The SMILES string of the molecule is CCC(C)SC1CC(=O)N(CC2CCC(C(N)=O)CC2)C1=O. The van der Waals surface area contributed by atoms with Crippen LogP contribution in [0.5, 0.6) is 0 Å². The van der Waals surface area contributed by atoms with E-state index in [4.69, 9.17) is 5.73 Å². The number of nitrogens with zero attached hydrogens (tertiary/aromatic N) is 1. The molecular weight excluding hydrogens is 300 g/mol. The van der Waals surface area contributed by atoms with Gasteiger partial charge in [0.25, 0.3) is 0 Å². The molecule has 0 aromatic heterocycles. The maximum absolute atomic E-state index is 12.4. The van der Waals surface area contributed by atoms with Crippen LogP contribution in [0, 0.1) is 11.8 Å². The minimum Gasteiger partial charge on any atom is -0.369 e. The molecule has 0 spiro atoms. The highest BCUT2D eigenvalue weighted by atomic mass is 32.2. The van der Waals surface area contributed by atoms with Gasteiger partial charge in [0, 0.05) is 24.1 Å². The Morgan fingerprint density at radius 3 is 2.50 bits per heavy atom. The van der Waals surface area contributed by atoms with Crippen LogP contribution in [-0.2, 0) is 14.4 Å². The lowest BCUT2D eigenvalue weighted by molar-refractivity contribution is -0.139. The highest BCUT2D eigenvalue weighted by Crippen LogP contribution is 2.33. The van der Waals surface area contributed by atoms with Crippen molar-refractivity contribution in [3.63, 3.8) is 0 Å². The van der Waals surface area contributed by atoms with Gasteiger partial charge in [0.15, 0.2) is 0 Å². The van der Waals surface area contributed by atoms with E-state index in [1.807, 2.05) is 0 Å². The van der Waals surface area contributed by atoms with Gasteiger partial charge in [-0.25, -0.2) is 0 Å². The summed E-state index contributed by atoms with van der Waals surface area (Å²) < 4.78 is 0. The van der Waals surface area contributed by atoms with Gasteiger partial charge in [0.2, 0.25) is 17.7 Å². The third-order valence-corrected chi connectivity index (χ3v) is 6.36. The van der Waals surface area contributed by atoms with Gasteiger partial charge in [0.1, 0.15) is 0 Å². The standard InChI is InChI=1S/C16H26N2O3S/c1-3-10(2)22-13-8-14(19)18(16(13)21)9-11-4-6-12(7-5-11)15(17)20/h10-13H,3-9H2,1-2H3,(H2,17,20). The topological polar surface area (TPSA) is 80.5 Å². The largest absolute Gasteiger partial charge is 0.369 e. The summed E-state index contributed by atoms with van der Waals surface area (Å²) in [4.78, 5) is 37.2.